The molecule has 0 spiro atoms. The predicted molar refractivity (Wildman–Crippen MR) is 129 cm³/mol. The lowest BCUT2D eigenvalue weighted by Crippen LogP contribution is -2.36. The normalized spacial score (nSPS) is 16.9. The molecule has 6 heteroatoms. The molecular formula is C25H29N3OS2. The Hall–Kier alpha value is -2.15. The molecule has 0 bridgehead atoms. The van der Waals surface area contributed by atoms with E-state index in [0.29, 0.717) is 12.6 Å². The van der Waals surface area contributed by atoms with Crippen LogP contribution in [0.1, 0.15) is 53.4 Å². The molecule has 4 rings (SSSR count). The maximum absolute atomic E-state index is 12.8. The largest absolute Gasteiger partial charge is 0.348 e. The van der Waals surface area contributed by atoms with Gasteiger partial charge in [0.15, 0.2) is 0 Å². The number of thioether (sulfide) groups is 1. The van der Waals surface area contributed by atoms with Crippen LogP contribution >= 0.6 is 23.1 Å². The molecule has 31 heavy (non-hydrogen) atoms. The number of hydrogen-bond donors (Lipinski definition) is 1. The average Bonchev–Trinajstić information content (AvgIpc) is 3.32. The van der Waals surface area contributed by atoms with Gasteiger partial charge < -0.3 is 5.32 Å². The number of likely N-dealkylation sites (tertiary alicyclic amines) is 1. The molecule has 1 N–H and O–H groups in total. The fraction of sp³-hybridized carbons (Fsp3) is 0.360. The Balaban J connectivity index is 1.31. The van der Waals surface area contributed by atoms with Crippen molar-refractivity contribution < 1.29 is 4.79 Å². The first-order chi connectivity index (χ1) is 15.2. The molecule has 1 saturated heterocycles. The van der Waals surface area contributed by atoms with Gasteiger partial charge in [0.05, 0.1) is 16.8 Å². The number of aromatic nitrogens is 1. The predicted octanol–water partition coefficient (Wildman–Crippen LogP) is 5.74. The van der Waals surface area contributed by atoms with Crippen molar-refractivity contribution in [3.63, 3.8) is 0 Å². The molecule has 2 aromatic carbocycles. The van der Waals surface area contributed by atoms with Crippen molar-refractivity contribution in [2.45, 2.75) is 56.0 Å². The van der Waals surface area contributed by atoms with E-state index in [0.717, 1.165) is 34.0 Å². The molecule has 1 aromatic heterocycles. The summed E-state index contributed by atoms with van der Waals surface area (Å²) in [5.74, 6) is 0.734. The number of hydrogen-bond acceptors (Lipinski definition) is 5. The van der Waals surface area contributed by atoms with Crippen molar-refractivity contribution in [2.75, 3.05) is 6.54 Å². The van der Waals surface area contributed by atoms with E-state index in [-0.39, 0.29) is 5.91 Å². The second-order valence-corrected chi connectivity index (χ2v) is 9.81. The third-order valence-electron chi connectivity index (χ3n) is 5.79. The summed E-state index contributed by atoms with van der Waals surface area (Å²) in [4.78, 5) is 20.7. The lowest BCUT2D eigenvalue weighted by molar-refractivity contribution is 0.0948. The maximum Gasteiger partial charge on any atom is 0.252 e. The van der Waals surface area contributed by atoms with Crippen LogP contribution in [0.2, 0.25) is 0 Å². The van der Waals surface area contributed by atoms with Crippen molar-refractivity contribution in [3.05, 3.63) is 81.8 Å². The Bertz CT molecular complexity index is 973. The van der Waals surface area contributed by atoms with Crippen LogP contribution in [0, 0.1) is 0 Å². The van der Waals surface area contributed by atoms with Crippen molar-refractivity contribution in [1.82, 2.24) is 15.2 Å². The van der Waals surface area contributed by atoms with E-state index in [2.05, 4.69) is 46.4 Å². The quantitative estimate of drug-likeness (QED) is 0.444. The number of piperidine rings is 1. The van der Waals surface area contributed by atoms with Gasteiger partial charge in [-0.1, -0.05) is 42.8 Å². The van der Waals surface area contributed by atoms with Crippen LogP contribution in [0.4, 0.5) is 0 Å². The molecule has 1 fully saturated rings. The van der Waals surface area contributed by atoms with E-state index in [4.69, 9.17) is 0 Å². The highest BCUT2D eigenvalue weighted by atomic mass is 32.2. The molecule has 0 radical (unpaired) electrons. The highest BCUT2D eigenvalue weighted by molar-refractivity contribution is 7.98. The van der Waals surface area contributed by atoms with Gasteiger partial charge >= 0.3 is 0 Å². The second kappa shape index (κ2) is 10.9. The summed E-state index contributed by atoms with van der Waals surface area (Å²) in [7, 11) is 0. The third-order valence-corrected chi connectivity index (χ3v) is 7.54. The summed E-state index contributed by atoms with van der Waals surface area (Å²) in [5.41, 5.74) is 6.07. The SMILES string of the molecule is CC1CCCCN1Cc1ccc(CNC(=O)c2ccccc2SCc2cscn2)cc1. The minimum atomic E-state index is -0.0346. The lowest BCUT2D eigenvalue weighted by Gasteiger charge is -2.33. The number of amides is 1. The minimum absolute atomic E-state index is 0.0346. The van der Waals surface area contributed by atoms with Crippen LogP contribution in [-0.2, 0) is 18.8 Å². The van der Waals surface area contributed by atoms with E-state index in [1.807, 2.05) is 35.2 Å². The van der Waals surface area contributed by atoms with E-state index in [1.54, 1.807) is 23.1 Å². The van der Waals surface area contributed by atoms with E-state index >= 15 is 0 Å². The van der Waals surface area contributed by atoms with Crippen molar-refractivity contribution in [2.24, 2.45) is 0 Å². The molecule has 2 heterocycles. The Labute approximate surface area is 193 Å². The monoisotopic (exact) mass is 451 g/mol. The number of carbonyl (C=O) groups excluding carboxylic acids is 1. The van der Waals surface area contributed by atoms with Crippen molar-refractivity contribution in [1.29, 1.82) is 0 Å². The van der Waals surface area contributed by atoms with Crippen LogP contribution in [0.5, 0.6) is 0 Å². The second-order valence-electron chi connectivity index (χ2n) is 8.08. The Morgan fingerprint density at radius 2 is 1.97 bits per heavy atom. The van der Waals surface area contributed by atoms with Gasteiger partial charge in [0.2, 0.25) is 0 Å². The summed E-state index contributed by atoms with van der Waals surface area (Å²) in [5, 5.41) is 5.13. The summed E-state index contributed by atoms with van der Waals surface area (Å²) in [6, 6.07) is 17.1. The molecule has 1 aliphatic heterocycles. The lowest BCUT2D eigenvalue weighted by atomic mass is 10.0. The van der Waals surface area contributed by atoms with Crippen LogP contribution < -0.4 is 5.32 Å². The zero-order chi connectivity index (χ0) is 21.5. The number of nitrogens with one attached hydrogen (secondary N) is 1. The minimum Gasteiger partial charge on any atom is -0.348 e. The molecule has 1 amide bonds. The van der Waals surface area contributed by atoms with Crippen LogP contribution in [0.3, 0.4) is 0 Å². The topological polar surface area (TPSA) is 45.2 Å². The van der Waals surface area contributed by atoms with Gasteiger partial charge in [-0.15, -0.1) is 23.1 Å². The molecule has 3 aromatic rings. The van der Waals surface area contributed by atoms with Gasteiger partial charge in [0, 0.05) is 35.2 Å². The molecule has 162 valence electrons. The zero-order valence-electron chi connectivity index (χ0n) is 17.9. The van der Waals surface area contributed by atoms with E-state index in [9.17, 15) is 4.79 Å². The van der Waals surface area contributed by atoms with Gasteiger partial charge in [-0.2, -0.15) is 0 Å². The highest BCUT2D eigenvalue weighted by Crippen LogP contribution is 2.26. The van der Waals surface area contributed by atoms with Crippen LogP contribution in [-0.4, -0.2) is 28.4 Å². The van der Waals surface area contributed by atoms with Crippen LogP contribution in [0.15, 0.2) is 64.3 Å². The van der Waals surface area contributed by atoms with Gasteiger partial charge in [-0.05, 0) is 49.6 Å². The average molecular weight is 452 g/mol. The van der Waals surface area contributed by atoms with Gasteiger partial charge in [-0.3, -0.25) is 9.69 Å². The smallest absolute Gasteiger partial charge is 0.252 e. The highest BCUT2D eigenvalue weighted by Gasteiger charge is 2.18. The number of rotatable bonds is 8. The molecule has 0 aliphatic carbocycles. The summed E-state index contributed by atoms with van der Waals surface area (Å²) in [6.45, 7) is 5.07. The Morgan fingerprint density at radius 1 is 1.16 bits per heavy atom. The number of benzene rings is 2. The zero-order valence-corrected chi connectivity index (χ0v) is 19.6. The summed E-state index contributed by atoms with van der Waals surface area (Å²) in [6.07, 6.45) is 3.95. The fourth-order valence-electron chi connectivity index (χ4n) is 3.91. The van der Waals surface area contributed by atoms with Gasteiger partial charge in [0.25, 0.3) is 5.91 Å². The van der Waals surface area contributed by atoms with Crippen LogP contribution in [0.25, 0.3) is 0 Å². The van der Waals surface area contributed by atoms with Crippen molar-refractivity contribution in [3.8, 4) is 0 Å². The van der Waals surface area contributed by atoms with E-state index in [1.165, 1.54) is 31.4 Å². The summed E-state index contributed by atoms with van der Waals surface area (Å²) >= 11 is 3.25. The molecule has 4 nitrogen and oxygen atoms in total. The molecule has 1 unspecified atom stereocenters. The van der Waals surface area contributed by atoms with Crippen molar-refractivity contribution >= 4 is 29.0 Å². The first kappa shape index (κ1) is 22.1. The Morgan fingerprint density at radius 3 is 2.74 bits per heavy atom. The molecule has 1 atom stereocenters. The summed E-state index contributed by atoms with van der Waals surface area (Å²) < 4.78 is 0. The first-order valence-electron chi connectivity index (χ1n) is 10.9. The van der Waals surface area contributed by atoms with E-state index < -0.39 is 0 Å². The first-order valence-corrected chi connectivity index (χ1v) is 12.8. The standard InChI is InChI=1S/C25H29N3OS2/c1-19-6-4-5-13-28(19)15-21-11-9-20(10-12-21)14-26-25(29)23-7-2-3-8-24(23)31-17-22-16-30-18-27-22/h2-3,7-12,16,18-19H,4-6,13-15,17H2,1H3,(H,26,29). The number of thiazole rings is 1. The number of nitrogens with zero attached hydrogens (tertiary/aromatic N) is 2. The third kappa shape index (κ3) is 6.19. The molecule has 1 aliphatic rings. The maximum atomic E-state index is 12.8. The molecular weight excluding hydrogens is 422 g/mol. The number of carbonyl (C=O) groups is 1. The van der Waals surface area contributed by atoms with Gasteiger partial charge in [0.1, 0.15) is 0 Å². The fourth-order valence-corrected chi connectivity index (χ4v) is 5.52. The Kier molecular flexibility index (Phi) is 7.78. The van der Waals surface area contributed by atoms with Gasteiger partial charge in [-0.25, -0.2) is 4.98 Å². The molecule has 0 saturated carbocycles.